The minimum Gasteiger partial charge on any atom is -0.465 e. The van der Waals surface area contributed by atoms with E-state index in [1.807, 2.05) is 0 Å². The van der Waals surface area contributed by atoms with Crippen LogP contribution < -0.4 is 5.32 Å². The third-order valence-corrected chi connectivity index (χ3v) is 3.64. The molecule has 2 N–H and O–H groups in total. The molecule has 1 amide bonds. The van der Waals surface area contributed by atoms with Crippen LogP contribution >= 0.6 is 27.3 Å². The van der Waals surface area contributed by atoms with E-state index in [1.165, 1.54) is 17.4 Å². The maximum atomic E-state index is 13.1. The molecule has 1 heterocycles. The molecule has 0 fully saturated rings. The highest BCUT2D eigenvalue weighted by Gasteiger charge is 2.09. The first-order valence-corrected chi connectivity index (χ1v) is 5.56. The van der Waals surface area contributed by atoms with Gasteiger partial charge in [0.1, 0.15) is 5.82 Å². The lowest BCUT2D eigenvalue weighted by Crippen LogP contribution is -2.05. The molecule has 3 nitrogen and oxygen atoms in total. The van der Waals surface area contributed by atoms with E-state index in [0.717, 1.165) is 4.70 Å². The molecule has 0 bridgehead atoms. The fraction of sp³-hybridized carbons (Fsp3) is 0. The molecular weight excluding hydrogens is 285 g/mol. The van der Waals surface area contributed by atoms with Crippen LogP contribution in [0.1, 0.15) is 0 Å². The van der Waals surface area contributed by atoms with Crippen LogP contribution in [0.4, 0.5) is 14.2 Å². The van der Waals surface area contributed by atoms with Gasteiger partial charge in [0.15, 0.2) is 0 Å². The lowest BCUT2D eigenvalue weighted by molar-refractivity contribution is 0.210. The van der Waals surface area contributed by atoms with E-state index in [1.54, 1.807) is 12.1 Å². The lowest BCUT2D eigenvalue weighted by atomic mass is 10.2. The summed E-state index contributed by atoms with van der Waals surface area (Å²) in [6.45, 7) is 0. The molecule has 2 aromatic rings. The lowest BCUT2D eigenvalue weighted by Gasteiger charge is -1.94. The number of halogens is 2. The van der Waals surface area contributed by atoms with Crippen LogP contribution in [0.3, 0.4) is 0 Å². The molecule has 0 unspecified atom stereocenters. The van der Waals surface area contributed by atoms with Gasteiger partial charge in [-0.15, -0.1) is 11.3 Å². The van der Waals surface area contributed by atoms with Crippen molar-refractivity contribution in [2.45, 2.75) is 0 Å². The van der Waals surface area contributed by atoms with Crippen LogP contribution in [0.2, 0.25) is 0 Å². The number of fused-ring (bicyclic) bond motifs is 1. The highest BCUT2D eigenvalue weighted by molar-refractivity contribution is 9.10. The molecule has 0 atom stereocenters. The minimum absolute atomic E-state index is 0.356. The van der Waals surface area contributed by atoms with Gasteiger partial charge in [-0.2, -0.15) is 0 Å². The first-order chi connectivity index (χ1) is 7.08. The Morgan fingerprint density at radius 1 is 1.53 bits per heavy atom. The Morgan fingerprint density at radius 3 is 2.93 bits per heavy atom. The Morgan fingerprint density at radius 2 is 2.27 bits per heavy atom. The van der Waals surface area contributed by atoms with E-state index in [9.17, 15) is 9.18 Å². The first kappa shape index (κ1) is 10.4. The fourth-order valence-electron chi connectivity index (χ4n) is 1.22. The third kappa shape index (κ3) is 1.95. The minimum atomic E-state index is -1.13. The Balaban J connectivity index is 2.56. The van der Waals surface area contributed by atoms with Crippen molar-refractivity contribution in [1.82, 2.24) is 0 Å². The number of anilines is 1. The SMILES string of the molecule is O=C(O)Nc1cc2c(Br)c(F)ccc2s1. The summed E-state index contributed by atoms with van der Waals surface area (Å²) in [4.78, 5) is 10.4. The van der Waals surface area contributed by atoms with Crippen LogP contribution in [0.5, 0.6) is 0 Å². The Labute approximate surface area is 96.7 Å². The molecule has 0 aliphatic heterocycles. The Kier molecular flexibility index (Phi) is 2.62. The Bertz CT molecular complexity index is 540. The summed E-state index contributed by atoms with van der Waals surface area (Å²) in [5.41, 5.74) is 0. The second kappa shape index (κ2) is 3.79. The van der Waals surface area contributed by atoms with Crippen LogP contribution in [0.25, 0.3) is 10.1 Å². The summed E-state index contributed by atoms with van der Waals surface area (Å²) in [6.07, 6.45) is -1.13. The molecule has 78 valence electrons. The number of hydrogen-bond acceptors (Lipinski definition) is 2. The van der Waals surface area contributed by atoms with Gasteiger partial charge in [0.05, 0.1) is 9.47 Å². The molecule has 0 aliphatic carbocycles. The number of carbonyl (C=O) groups is 1. The van der Waals surface area contributed by atoms with Gasteiger partial charge < -0.3 is 5.11 Å². The average molecular weight is 290 g/mol. The van der Waals surface area contributed by atoms with Crippen molar-refractivity contribution in [2.75, 3.05) is 5.32 Å². The van der Waals surface area contributed by atoms with Crippen molar-refractivity contribution in [2.24, 2.45) is 0 Å². The van der Waals surface area contributed by atoms with Gasteiger partial charge in [-0.1, -0.05) is 0 Å². The average Bonchev–Trinajstić information content (AvgIpc) is 2.54. The molecule has 0 saturated carbocycles. The summed E-state index contributed by atoms with van der Waals surface area (Å²) >= 11 is 4.38. The van der Waals surface area contributed by atoms with Gasteiger partial charge in [-0.25, -0.2) is 9.18 Å². The van der Waals surface area contributed by atoms with E-state index in [4.69, 9.17) is 5.11 Å². The van der Waals surface area contributed by atoms with Crippen molar-refractivity contribution in [3.8, 4) is 0 Å². The quantitative estimate of drug-likeness (QED) is 0.837. The van der Waals surface area contributed by atoms with Crippen molar-refractivity contribution in [3.63, 3.8) is 0 Å². The molecule has 6 heteroatoms. The number of thiophene rings is 1. The highest BCUT2D eigenvalue weighted by atomic mass is 79.9. The standard InChI is InChI=1S/C9H5BrFNO2S/c10-8-4-3-7(12-9(13)14)15-6(4)2-1-5(8)11/h1-3,12H,(H,13,14). The predicted octanol–water partition coefficient (Wildman–Crippen LogP) is 3.89. The van der Waals surface area contributed by atoms with Crippen LogP contribution in [-0.2, 0) is 0 Å². The predicted molar refractivity (Wildman–Crippen MR) is 61.1 cm³/mol. The number of hydrogen-bond donors (Lipinski definition) is 2. The third-order valence-electron chi connectivity index (χ3n) is 1.82. The van der Waals surface area contributed by atoms with Crippen molar-refractivity contribution < 1.29 is 14.3 Å². The number of carboxylic acid groups (broad SMARTS) is 1. The number of nitrogens with one attached hydrogen (secondary N) is 1. The molecule has 0 aliphatic rings. The van der Waals surface area contributed by atoms with Gasteiger partial charge in [0.2, 0.25) is 0 Å². The summed E-state index contributed by atoms with van der Waals surface area (Å²) in [5, 5.41) is 11.9. The zero-order chi connectivity index (χ0) is 11.0. The van der Waals surface area contributed by atoms with Crippen LogP contribution in [-0.4, -0.2) is 11.2 Å². The van der Waals surface area contributed by atoms with E-state index < -0.39 is 6.09 Å². The maximum Gasteiger partial charge on any atom is 0.409 e. The van der Waals surface area contributed by atoms with Crippen molar-refractivity contribution in [1.29, 1.82) is 0 Å². The van der Waals surface area contributed by atoms with E-state index in [-0.39, 0.29) is 5.82 Å². The first-order valence-electron chi connectivity index (χ1n) is 3.95. The summed E-state index contributed by atoms with van der Waals surface area (Å²) < 4.78 is 14.3. The molecule has 2 rings (SSSR count). The largest absolute Gasteiger partial charge is 0.465 e. The van der Waals surface area contributed by atoms with Gasteiger partial charge in [-0.3, -0.25) is 5.32 Å². The second-order valence-electron chi connectivity index (χ2n) is 2.81. The van der Waals surface area contributed by atoms with Gasteiger partial charge in [0.25, 0.3) is 0 Å². The fourth-order valence-corrected chi connectivity index (χ4v) is 2.77. The zero-order valence-electron chi connectivity index (χ0n) is 7.25. The topological polar surface area (TPSA) is 49.3 Å². The molecule has 0 saturated heterocycles. The normalized spacial score (nSPS) is 10.5. The van der Waals surface area contributed by atoms with Gasteiger partial charge in [0, 0.05) is 10.1 Å². The smallest absolute Gasteiger partial charge is 0.409 e. The molecular formula is C9H5BrFNO2S. The van der Waals surface area contributed by atoms with E-state index in [2.05, 4.69) is 21.2 Å². The van der Waals surface area contributed by atoms with Crippen molar-refractivity contribution >= 4 is 48.4 Å². The molecule has 1 aromatic carbocycles. The number of amides is 1. The highest BCUT2D eigenvalue weighted by Crippen LogP contribution is 2.35. The van der Waals surface area contributed by atoms with Gasteiger partial charge >= 0.3 is 6.09 Å². The van der Waals surface area contributed by atoms with Crippen LogP contribution in [0.15, 0.2) is 22.7 Å². The Hall–Kier alpha value is -1.14. The summed E-state index contributed by atoms with van der Waals surface area (Å²) in [5.74, 6) is -0.359. The number of benzene rings is 1. The summed E-state index contributed by atoms with van der Waals surface area (Å²) in [6, 6.07) is 4.56. The molecule has 1 aromatic heterocycles. The monoisotopic (exact) mass is 289 g/mol. The van der Waals surface area contributed by atoms with E-state index in [0.29, 0.717) is 14.9 Å². The molecule has 0 spiro atoms. The van der Waals surface area contributed by atoms with Crippen molar-refractivity contribution in [3.05, 3.63) is 28.5 Å². The molecule has 15 heavy (non-hydrogen) atoms. The molecule has 0 radical (unpaired) electrons. The van der Waals surface area contributed by atoms with Crippen LogP contribution in [0, 0.1) is 5.82 Å². The number of rotatable bonds is 1. The van der Waals surface area contributed by atoms with E-state index >= 15 is 0 Å². The second-order valence-corrected chi connectivity index (χ2v) is 4.69. The summed E-state index contributed by atoms with van der Waals surface area (Å²) in [7, 11) is 0. The maximum absolute atomic E-state index is 13.1. The zero-order valence-corrected chi connectivity index (χ0v) is 9.65. The van der Waals surface area contributed by atoms with Gasteiger partial charge in [-0.05, 0) is 34.1 Å².